The Hall–Kier alpha value is -3.93. The van der Waals surface area contributed by atoms with Crippen molar-refractivity contribution in [1.29, 1.82) is 0 Å². The molecule has 0 unspecified atom stereocenters. The monoisotopic (exact) mass is 491 g/mol. The van der Waals surface area contributed by atoms with Crippen LogP contribution in [-0.4, -0.2) is 67.1 Å². The predicted molar refractivity (Wildman–Crippen MR) is 136 cm³/mol. The average molecular weight is 492 g/mol. The molecule has 1 fully saturated rings. The average Bonchev–Trinajstić information content (AvgIpc) is 3.36. The molecule has 12 heteroatoms. The highest BCUT2D eigenvalue weighted by molar-refractivity contribution is 7.98. The molecule has 4 heterocycles. The van der Waals surface area contributed by atoms with E-state index in [0.29, 0.717) is 17.0 Å². The molecule has 1 saturated heterocycles. The van der Waals surface area contributed by atoms with Gasteiger partial charge in [-0.05, 0) is 43.2 Å². The number of benzene rings is 1. The van der Waals surface area contributed by atoms with Gasteiger partial charge in [0.1, 0.15) is 11.6 Å². The predicted octanol–water partition coefficient (Wildman–Crippen LogP) is 3.64. The Morgan fingerprint density at radius 3 is 2.66 bits per heavy atom. The lowest BCUT2D eigenvalue weighted by molar-refractivity contribution is 0.0696. The number of H-pyrrole nitrogens is 1. The minimum absolute atomic E-state index is 0.0955. The van der Waals surface area contributed by atoms with Crippen molar-refractivity contribution in [3.05, 3.63) is 48.4 Å². The molecule has 4 aromatic rings. The van der Waals surface area contributed by atoms with E-state index < -0.39 is 5.97 Å². The molecule has 180 valence electrons. The number of piperidine rings is 1. The van der Waals surface area contributed by atoms with Crippen LogP contribution in [0.25, 0.3) is 10.9 Å². The van der Waals surface area contributed by atoms with Crippen molar-refractivity contribution in [2.24, 2.45) is 5.92 Å². The first-order chi connectivity index (χ1) is 17.1. The summed E-state index contributed by atoms with van der Waals surface area (Å²) in [5, 5.41) is 24.6. The van der Waals surface area contributed by atoms with E-state index in [1.54, 1.807) is 6.20 Å². The zero-order valence-corrected chi connectivity index (χ0v) is 19.9. The van der Waals surface area contributed by atoms with Gasteiger partial charge in [0, 0.05) is 49.2 Å². The van der Waals surface area contributed by atoms with Crippen LogP contribution in [0.1, 0.15) is 23.2 Å². The second kappa shape index (κ2) is 10.1. The van der Waals surface area contributed by atoms with E-state index in [-0.39, 0.29) is 5.56 Å². The van der Waals surface area contributed by atoms with E-state index >= 15 is 0 Å². The first-order valence-corrected chi connectivity index (χ1v) is 12.5. The fraction of sp³-hybridized carbons (Fsp3) is 0.304. The summed E-state index contributed by atoms with van der Waals surface area (Å²) in [6, 6.07) is 7.92. The molecule has 35 heavy (non-hydrogen) atoms. The normalized spacial score (nSPS) is 14.3. The van der Waals surface area contributed by atoms with E-state index in [0.717, 1.165) is 60.7 Å². The largest absolute Gasteiger partial charge is 0.478 e. The Morgan fingerprint density at radius 2 is 1.91 bits per heavy atom. The number of carboxylic acids is 1. The Balaban J connectivity index is 1.18. The number of aromatic amines is 1. The van der Waals surface area contributed by atoms with Crippen LogP contribution < -0.4 is 15.5 Å². The van der Waals surface area contributed by atoms with E-state index in [1.807, 2.05) is 30.5 Å². The van der Waals surface area contributed by atoms with Crippen molar-refractivity contribution in [3.8, 4) is 0 Å². The van der Waals surface area contributed by atoms with Crippen LogP contribution in [0.4, 0.5) is 23.3 Å². The molecule has 0 amide bonds. The van der Waals surface area contributed by atoms with Gasteiger partial charge in [-0.3, -0.25) is 5.10 Å². The van der Waals surface area contributed by atoms with Crippen molar-refractivity contribution in [2.45, 2.75) is 18.0 Å². The molecule has 0 spiro atoms. The molecule has 3 aromatic heterocycles. The SMILES string of the molecule is CSc1nc(NCC2CCN(c3ncc(C(=O)O)cn3)CC2)cc(Nc2ccc3[nH]ncc3c2)n1. The van der Waals surface area contributed by atoms with Crippen molar-refractivity contribution in [3.63, 3.8) is 0 Å². The Kier molecular flexibility index (Phi) is 6.62. The van der Waals surface area contributed by atoms with Crippen LogP contribution in [0.15, 0.2) is 48.0 Å². The molecular formula is C23H25N9O2S. The highest BCUT2D eigenvalue weighted by atomic mass is 32.2. The second-order valence-corrected chi connectivity index (χ2v) is 9.08. The van der Waals surface area contributed by atoms with E-state index in [4.69, 9.17) is 5.11 Å². The summed E-state index contributed by atoms with van der Waals surface area (Å²) in [4.78, 5) is 30.7. The molecule has 0 saturated carbocycles. The molecular weight excluding hydrogens is 466 g/mol. The number of nitrogens with one attached hydrogen (secondary N) is 3. The molecule has 0 radical (unpaired) electrons. The van der Waals surface area contributed by atoms with Crippen LogP contribution in [0.2, 0.25) is 0 Å². The molecule has 0 bridgehead atoms. The zero-order chi connectivity index (χ0) is 24.2. The van der Waals surface area contributed by atoms with Gasteiger partial charge >= 0.3 is 5.97 Å². The Labute approximate surface area is 205 Å². The van der Waals surface area contributed by atoms with Gasteiger partial charge in [0.2, 0.25) is 5.95 Å². The molecule has 5 rings (SSSR count). The highest BCUT2D eigenvalue weighted by Crippen LogP contribution is 2.25. The number of carbonyl (C=O) groups is 1. The fourth-order valence-corrected chi connectivity index (χ4v) is 4.40. The second-order valence-electron chi connectivity index (χ2n) is 8.31. The maximum atomic E-state index is 11.0. The van der Waals surface area contributed by atoms with Gasteiger partial charge in [0.05, 0.1) is 17.3 Å². The summed E-state index contributed by atoms with van der Waals surface area (Å²) in [6.45, 7) is 2.45. The summed E-state index contributed by atoms with van der Waals surface area (Å²) in [5.41, 5.74) is 2.01. The third kappa shape index (κ3) is 5.43. The standard InChI is InChI=1S/C23H25N9O2S/c1-35-23-29-19(9-20(30-23)28-17-2-3-18-15(8-17)13-27-31-18)24-10-14-4-6-32(7-5-14)22-25-11-16(12-26-22)21(33)34/h2-3,8-9,11-14H,4-7,10H2,1H3,(H,27,31)(H,33,34)(H2,24,28,29,30). The van der Waals surface area contributed by atoms with Crippen LogP contribution in [-0.2, 0) is 0 Å². The summed E-state index contributed by atoms with van der Waals surface area (Å²) >= 11 is 1.50. The van der Waals surface area contributed by atoms with Gasteiger partial charge in [0.15, 0.2) is 5.16 Å². The third-order valence-corrected chi connectivity index (χ3v) is 6.50. The number of hydrogen-bond donors (Lipinski definition) is 4. The van der Waals surface area contributed by atoms with Crippen LogP contribution >= 0.6 is 11.8 Å². The van der Waals surface area contributed by atoms with Crippen molar-refractivity contribution < 1.29 is 9.90 Å². The molecule has 0 aliphatic carbocycles. The number of carboxylic acid groups (broad SMARTS) is 1. The van der Waals surface area contributed by atoms with Gasteiger partial charge in [-0.1, -0.05) is 11.8 Å². The summed E-state index contributed by atoms with van der Waals surface area (Å²) in [6.07, 6.45) is 8.43. The third-order valence-electron chi connectivity index (χ3n) is 5.96. The lowest BCUT2D eigenvalue weighted by Gasteiger charge is -2.32. The number of rotatable bonds is 8. The molecule has 1 aliphatic heterocycles. The minimum atomic E-state index is -1.02. The molecule has 1 aromatic carbocycles. The van der Waals surface area contributed by atoms with E-state index in [1.165, 1.54) is 24.2 Å². The molecule has 1 aliphatic rings. The smallest absolute Gasteiger partial charge is 0.338 e. The van der Waals surface area contributed by atoms with Gasteiger partial charge in [-0.2, -0.15) is 5.10 Å². The van der Waals surface area contributed by atoms with Gasteiger partial charge in [0.25, 0.3) is 0 Å². The molecule has 0 atom stereocenters. The quantitative estimate of drug-likeness (QED) is 0.212. The fourth-order valence-electron chi connectivity index (χ4n) is 4.02. The van der Waals surface area contributed by atoms with Crippen LogP contribution in [0, 0.1) is 5.92 Å². The minimum Gasteiger partial charge on any atom is -0.478 e. The summed E-state index contributed by atoms with van der Waals surface area (Å²) < 4.78 is 0. The first kappa shape index (κ1) is 22.8. The maximum Gasteiger partial charge on any atom is 0.338 e. The summed E-state index contributed by atoms with van der Waals surface area (Å²) in [7, 11) is 0. The lowest BCUT2D eigenvalue weighted by Crippen LogP contribution is -2.37. The van der Waals surface area contributed by atoms with Crippen molar-refractivity contribution >= 4 is 51.9 Å². The number of thioether (sulfide) groups is 1. The number of nitrogens with zero attached hydrogens (tertiary/aromatic N) is 6. The van der Waals surface area contributed by atoms with Crippen molar-refractivity contribution in [2.75, 3.05) is 41.4 Å². The van der Waals surface area contributed by atoms with E-state index in [2.05, 4.69) is 45.7 Å². The van der Waals surface area contributed by atoms with Gasteiger partial charge < -0.3 is 20.6 Å². The number of fused-ring (bicyclic) bond motifs is 1. The van der Waals surface area contributed by atoms with Crippen LogP contribution in [0.3, 0.4) is 0 Å². The highest BCUT2D eigenvalue weighted by Gasteiger charge is 2.21. The summed E-state index contributed by atoms with van der Waals surface area (Å²) in [5.74, 6) is 1.55. The van der Waals surface area contributed by atoms with Gasteiger partial charge in [-0.25, -0.2) is 24.7 Å². The topological polar surface area (TPSA) is 145 Å². The Bertz CT molecular complexity index is 1320. The Morgan fingerprint density at radius 1 is 1.14 bits per heavy atom. The first-order valence-electron chi connectivity index (χ1n) is 11.2. The van der Waals surface area contributed by atoms with E-state index in [9.17, 15) is 4.79 Å². The zero-order valence-electron chi connectivity index (χ0n) is 19.1. The molecule has 11 nitrogen and oxygen atoms in total. The van der Waals surface area contributed by atoms with Gasteiger partial charge in [-0.15, -0.1) is 0 Å². The number of anilines is 4. The number of aromatic carboxylic acids is 1. The lowest BCUT2D eigenvalue weighted by atomic mass is 9.97. The van der Waals surface area contributed by atoms with Crippen molar-refractivity contribution in [1.82, 2.24) is 30.1 Å². The maximum absolute atomic E-state index is 11.0. The number of aromatic nitrogens is 6. The number of hydrogen-bond acceptors (Lipinski definition) is 10. The van der Waals surface area contributed by atoms with Crippen LogP contribution in [0.5, 0.6) is 0 Å². The molecule has 4 N–H and O–H groups in total.